The third-order valence-corrected chi connectivity index (χ3v) is 3.26. The van der Waals surface area contributed by atoms with Crippen molar-refractivity contribution < 1.29 is 14.3 Å². The highest BCUT2D eigenvalue weighted by molar-refractivity contribution is 6.24. The van der Waals surface area contributed by atoms with Crippen LogP contribution in [-0.2, 0) is 14.3 Å². The van der Waals surface area contributed by atoms with Gasteiger partial charge in [0.2, 0.25) is 9.76 Å². The number of rotatable bonds is 5. The summed E-state index contributed by atoms with van der Waals surface area (Å²) in [5, 5.41) is 0. The first-order valence-electron chi connectivity index (χ1n) is 4.64. The first-order valence-corrected chi connectivity index (χ1v) is 7.78. The van der Waals surface area contributed by atoms with Crippen molar-refractivity contribution in [3.05, 3.63) is 11.6 Å². The summed E-state index contributed by atoms with van der Waals surface area (Å²) in [6.07, 6.45) is 3.05. The number of hydrogen-bond donors (Lipinski definition) is 0. The topological polar surface area (TPSA) is 35.5 Å². The Morgan fingerprint density at radius 3 is 2.77 bits per heavy atom. The van der Waals surface area contributed by atoms with Crippen molar-refractivity contribution >= 4 is 26.0 Å². The molecule has 0 aliphatic carbocycles. The van der Waals surface area contributed by atoms with E-state index in [2.05, 4.69) is 11.8 Å². The molecule has 0 saturated carbocycles. The number of carbonyl (C=O) groups excluding carboxylic acids is 1. The molecule has 0 bridgehead atoms. The molecule has 0 N–H and O–H groups in total. The van der Waals surface area contributed by atoms with Gasteiger partial charge in [0, 0.05) is 15.8 Å². The molecule has 0 amide bonds. The van der Waals surface area contributed by atoms with E-state index in [9.17, 15) is 4.79 Å². The predicted molar refractivity (Wildman–Crippen MR) is 59.3 cm³/mol. The zero-order valence-corrected chi connectivity index (χ0v) is 12.2. The Kier molecular flexibility index (Phi) is 6.84. The van der Waals surface area contributed by atoms with Crippen molar-refractivity contribution in [2.75, 3.05) is 0 Å². The highest BCUT2D eigenvalue weighted by Gasteiger charge is 2.07. The Labute approximate surface area is 84.8 Å². The molecule has 0 rings (SSSR count). The standard InChI is InChI=1S/C8H18O3Si2/c1-4-7(12)5-6(2)8(9)10-11-13-3/h5,7H,4,13H2,1-3,12H3. The van der Waals surface area contributed by atoms with E-state index in [0.717, 1.165) is 16.7 Å². The van der Waals surface area contributed by atoms with Crippen LogP contribution in [0.5, 0.6) is 0 Å². The van der Waals surface area contributed by atoms with Gasteiger partial charge >= 0.3 is 5.97 Å². The van der Waals surface area contributed by atoms with Gasteiger partial charge < -0.3 is 4.89 Å². The SMILES string of the molecule is CCC([SiH3])C=C(C)C(=O)OO[SiH2]C. The van der Waals surface area contributed by atoms with Gasteiger partial charge in [0.15, 0.2) is 0 Å². The first kappa shape index (κ1) is 12.6. The molecule has 13 heavy (non-hydrogen) atoms. The van der Waals surface area contributed by atoms with Crippen LogP contribution >= 0.6 is 0 Å². The fraction of sp³-hybridized carbons (Fsp3) is 0.625. The van der Waals surface area contributed by atoms with E-state index in [0.29, 0.717) is 11.1 Å². The first-order chi connectivity index (χ1) is 6.11. The van der Waals surface area contributed by atoms with E-state index in [-0.39, 0.29) is 5.97 Å². The Morgan fingerprint density at radius 1 is 1.69 bits per heavy atom. The molecule has 0 fully saturated rings. The lowest BCUT2D eigenvalue weighted by Crippen LogP contribution is -2.08. The quantitative estimate of drug-likeness (QED) is 0.284. The van der Waals surface area contributed by atoms with Gasteiger partial charge in [-0.1, -0.05) is 19.4 Å². The number of hydrogen-bond acceptors (Lipinski definition) is 3. The van der Waals surface area contributed by atoms with E-state index >= 15 is 0 Å². The molecule has 0 aromatic rings. The maximum atomic E-state index is 11.2. The van der Waals surface area contributed by atoms with Crippen LogP contribution in [0.3, 0.4) is 0 Å². The molecular weight excluding hydrogens is 200 g/mol. The van der Waals surface area contributed by atoms with Gasteiger partial charge in [0.25, 0.3) is 0 Å². The molecule has 0 aromatic heterocycles. The lowest BCUT2D eigenvalue weighted by molar-refractivity contribution is -0.209. The van der Waals surface area contributed by atoms with Gasteiger partial charge in [-0.25, -0.2) is 9.37 Å². The second kappa shape index (κ2) is 7.05. The molecular formula is C8H18O3Si2. The van der Waals surface area contributed by atoms with Gasteiger partial charge in [0.1, 0.15) is 0 Å². The summed E-state index contributed by atoms with van der Waals surface area (Å²) in [5.74, 6) is -0.344. The van der Waals surface area contributed by atoms with Crippen LogP contribution < -0.4 is 0 Å². The second-order valence-electron chi connectivity index (χ2n) is 3.01. The van der Waals surface area contributed by atoms with Crippen molar-refractivity contribution in [3.8, 4) is 0 Å². The molecule has 5 heteroatoms. The lowest BCUT2D eigenvalue weighted by Gasteiger charge is -2.04. The van der Waals surface area contributed by atoms with Crippen LogP contribution in [0.15, 0.2) is 11.6 Å². The molecule has 0 saturated heterocycles. The Balaban J connectivity index is 4.00. The molecule has 0 aliphatic heterocycles. The van der Waals surface area contributed by atoms with Crippen molar-refractivity contribution in [1.82, 2.24) is 0 Å². The van der Waals surface area contributed by atoms with Gasteiger partial charge in [-0.2, -0.15) is 0 Å². The third-order valence-electron chi connectivity index (χ3n) is 1.75. The lowest BCUT2D eigenvalue weighted by atomic mass is 10.2. The molecule has 0 heterocycles. The third kappa shape index (κ3) is 5.78. The van der Waals surface area contributed by atoms with Crippen LogP contribution in [0.1, 0.15) is 20.3 Å². The number of carbonyl (C=O) groups is 1. The zero-order valence-electron chi connectivity index (χ0n) is 8.79. The largest absolute Gasteiger partial charge is 0.366 e. The van der Waals surface area contributed by atoms with E-state index in [1.54, 1.807) is 6.92 Å². The van der Waals surface area contributed by atoms with E-state index < -0.39 is 9.76 Å². The van der Waals surface area contributed by atoms with E-state index in [1.165, 1.54) is 0 Å². The molecule has 0 aliphatic rings. The summed E-state index contributed by atoms with van der Waals surface area (Å²) in [6, 6.07) is 0. The maximum Gasteiger partial charge on any atom is 0.366 e. The molecule has 76 valence electrons. The maximum absolute atomic E-state index is 11.2. The van der Waals surface area contributed by atoms with Crippen LogP contribution in [-0.4, -0.2) is 26.0 Å². The molecule has 0 aromatic carbocycles. The van der Waals surface area contributed by atoms with Crippen LogP contribution in [0.25, 0.3) is 0 Å². The minimum atomic E-state index is -0.655. The van der Waals surface area contributed by atoms with Gasteiger partial charge in [-0.3, -0.25) is 0 Å². The van der Waals surface area contributed by atoms with Crippen molar-refractivity contribution in [1.29, 1.82) is 0 Å². The van der Waals surface area contributed by atoms with Crippen molar-refractivity contribution in [3.63, 3.8) is 0 Å². The molecule has 1 atom stereocenters. The van der Waals surface area contributed by atoms with Crippen LogP contribution in [0.2, 0.25) is 12.1 Å². The van der Waals surface area contributed by atoms with Gasteiger partial charge in [0.05, 0.1) is 0 Å². The smallest absolute Gasteiger partial charge is 0.306 e. The monoisotopic (exact) mass is 218 g/mol. The molecule has 1 unspecified atom stereocenters. The van der Waals surface area contributed by atoms with Crippen LogP contribution in [0.4, 0.5) is 0 Å². The van der Waals surface area contributed by atoms with Gasteiger partial charge in [-0.05, 0) is 19.0 Å². The van der Waals surface area contributed by atoms with Gasteiger partial charge in [-0.15, -0.1) is 0 Å². The minimum absolute atomic E-state index is 0.344. The van der Waals surface area contributed by atoms with Crippen LogP contribution in [0, 0.1) is 0 Å². The van der Waals surface area contributed by atoms with E-state index in [4.69, 9.17) is 4.58 Å². The number of allylic oxidation sites excluding steroid dienone is 1. The van der Waals surface area contributed by atoms with Crippen molar-refractivity contribution in [2.45, 2.75) is 32.4 Å². The normalized spacial score (nSPS) is 15.2. The average Bonchev–Trinajstić information content (AvgIpc) is 2.13. The summed E-state index contributed by atoms with van der Waals surface area (Å²) in [6.45, 7) is 5.79. The average molecular weight is 218 g/mol. The Hall–Kier alpha value is -0.396. The summed E-state index contributed by atoms with van der Waals surface area (Å²) >= 11 is 0. The van der Waals surface area contributed by atoms with Crippen molar-refractivity contribution in [2.24, 2.45) is 0 Å². The molecule has 3 nitrogen and oxygen atoms in total. The summed E-state index contributed by atoms with van der Waals surface area (Å²) in [5.41, 5.74) is 1.20. The highest BCUT2D eigenvalue weighted by atomic mass is 28.2. The fourth-order valence-electron chi connectivity index (χ4n) is 0.791. The highest BCUT2D eigenvalue weighted by Crippen LogP contribution is 2.10. The zero-order chi connectivity index (χ0) is 10.3. The Morgan fingerprint density at radius 2 is 2.31 bits per heavy atom. The minimum Gasteiger partial charge on any atom is -0.306 e. The Bertz CT molecular complexity index is 192. The second-order valence-corrected chi connectivity index (χ2v) is 5.31. The molecule has 0 radical (unpaired) electrons. The summed E-state index contributed by atoms with van der Waals surface area (Å²) < 4.78 is 4.69. The van der Waals surface area contributed by atoms with E-state index in [1.807, 2.05) is 12.6 Å². The fourth-order valence-corrected chi connectivity index (χ4v) is 1.52. The molecule has 0 spiro atoms. The summed E-state index contributed by atoms with van der Waals surface area (Å²) in [4.78, 5) is 15.7. The summed E-state index contributed by atoms with van der Waals surface area (Å²) in [7, 11) is 0.418. The predicted octanol–water partition coefficient (Wildman–Crippen LogP) is 0.103.